The second-order valence-corrected chi connectivity index (χ2v) is 5.74. The zero-order valence-corrected chi connectivity index (χ0v) is 12.1. The number of aromatic nitrogens is 1. The van der Waals surface area contributed by atoms with E-state index >= 15 is 0 Å². The molecule has 0 aliphatic carbocycles. The molecule has 0 aromatic carbocycles. The second-order valence-electron chi connectivity index (χ2n) is 4.99. The number of halogens is 2. The van der Waals surface area contributed by atoms with Gasteiger partial charge >= 0.3 is 0 Å². The fraction of sp³-hybridized carbons (Fsp3) is 0.615. The first kappa shape index (κ1) is 14.1. The van der Waals surface area contributed by atoms with Gasteiger partial charge in [0.25, 0.3) is 0 Å². The highest BCUT2D eigenvalue weighted by Gasteiger charge is 2.15. The summed E-state index contributed by atoms with van der Waals surface area (Å²) in [4.78, 5) is 6.37. The Morgan fingerprint density at radius 3 is 2.94 bits per heavy atom. The number of hydrogen-bond donors (Lipinski definition) is 1. The van der Waals surface area contributed by atoms with Gasteiger partial charge in [-0.1, -0.05) is 29.3 Å². The van der Waals surface area contributed by atoms with Crippen molar-refractivity contribution in [3.05, 3.63) is 28.0 Å². The third kappa shape index (κ3) is 4.09. The molecule has 100 valence electrons. The highest BCUT2D eigenvalue weighted by atomic mass is 35.5. The van der Waals surface area contributed by atoms with Crippen LogP contribution in [0.5, 0.6) is 0 Å². The summed E-state index contributed by atoms with van der Waals surface area (Å²) in [5.74, 6) is 0.739. The zero-order valence-electron chi connectivity index (χ0n) is 10.6. The van der Waals surface area contributed by atoms with E-state index in [0.717, 1.165) is 37.7 Å². The maximum atomic E-state index is 6.08. The molecule has 3 nitrogen and oxygen atoms in total. The van der Waals surface area contributed by atoms with Crippen molar-refractivity contribution in [3.8, 4) is 0 Å². The Kier molecular flexibility index (Phi) is 5.25. The maximum absolute atomic E-state index is 6.08. The number of pyridine rings is 1. The maximum Gasteiger partial charge on any atom is 0.135 e. The number of nitrogens with one attached hydrogen (secondary N) is 1. The van der Waals surface area contributed by atoms with Gasteiger partial charge in [0.2, 0.25) is 0 Å². The Bertz CT molecular complexity index is 392. The third-order valence-electron chi connectivity index (χ3n) is 3.30. The summed E-state index contributed by atoms with van der Waals surface area (Å²) in [7, 11) is 2.12. The standard InChI is InChI=1S/C13H19Cl2N3/c1-18(8-10-3-2-6-16-7-10)9-11-4-5-12(14)17-13(11)15/h4-5,10,16H,2-3,6-9H2,1H3. The number of rotatable bonds is 4. The molecule has 1 aliphatic heterocycles. The average Bonchev–Trinajstić information content (AvgIpc) is 2.34. The highest BCUT2D eigenvalue weighted by molar-refractivity contribution is 6.32. The van der Waals surface area contributed by atoms with Crippen LogP contribution in [-0.4, -0.2) is 36.6 Å². The smallest absolute Gasteiger partial charge is 0.135 e. The fourth-order valence-corrected chi connectivity index (χ4v) is 2.84. The Morgan fingerprint density at radius 1 is 1.44 bits per heavy atom. The first-order valence-electron chi connectivity index (χ1n) is 6.35. The van der Waals surface area contributed by atoms with E-state index in [-0.39, 0.29) is 0 Å². The van der Waals surface area contributed by atoms with E-state index in [4.69, 9.17) is 23.2 Å². The van der Waals surface area contributed by atoms with Crippen LogP contribution in [0.15, 0.2) is 12.1 Å². The van der Waals surface area contributed by atoms with Crippen LogP contribution in [-0.2, 0) is 6.54 Å². The van der Waals surface area contributed by atoms with Crippen LogP contribution in [0.3, 0.4) is 0 Å². The topological polar surface area (TPSA) is 28.2 Å². The molecule has 0 spiro atoms. The molecule has 1 fully saturated rings. The third-order valence-corrected chi connectivity index (χ3v) is 3.84. The van der Waals surface area contributed by atoms with Gasteiger partial charge in [-0.25, -0.2) is 4.98 Å². The van der Waals surface area contributed by atoms with Gasteiger partial charge in [-0.3, -0.25) is 0 Å². The Balaban J connectivity index is 1.87. The monoisotopic (exact) mass is 287 g/mol. The summed E-state index contributed by atoms with van der Waals surface area (Å²) in [6, 6.07) is 3.74. The fourth-order valence-electron chi connectivity index (χ4n) is 2.43. The van der Waals surface area contributed by atoms with Gasteiger partial charge in [0.1, 0.15) is 10.3 Å². The molecule has 1 aromatic heterocycles. The second kappa shape index (κ2) is 6.71. The van der Waals surface area contributed by atoms with E-state index in [0.29, 0.717) is 10.3 Å². The number of hydrogen-bond acceptors (Lipinski definition) is 3. The lowest BCUT2D eigenvalue weighted by Gasteiger charge is -2.27. The van der Waals surface area contributed by atoms with Gasteiger partial charge < -0.3 is 10.2 Å². The van der Waals surface area contributed by atoms with Gasteiger partial charge in [0.05, 0.1) is 0 Å². The van der Waals surface area contributed by atoms with Crippen molar-refractivity contribution in [2.75, 3.05) is 26.7 Å². The van der Waals surface area contributed by atoms with E-state index in [1.54, 1.807) is 6.07 Å². The predicted molar refractivity (Wildman–Crippen MR) is 76.2 cm³/mol. The minimum Gasteiger partial charge on any atom is -0.316 e. The lowest BCUT2D eigenvalue weighted by atomic mass is 9.99. The molecule has 1 aromatic rings. The largest absolute Gasteiger partial charge is 0.316 e. The van der Waals surface area contributed by atoms with Crippen LogP contribution < -0.4 is 5.32 Å². The number of nitrogens with zero attached hydrogens (tertiary/aromatic N) is 2. The molecular formula is C13H19Cl2N3. The molecule has 1 unspecified atom stereocenters. The Morgan fingerprint density at radius 2 is 2.28 bits per heavy atom. The minimum atomic E-state index is 0.447. The van der Waals surface area contributed by atoms with Crippen LogP contribution in [0.2, 0.25) is 10.3 Å². The van der Waals surface area contributed by atoms with Gasteiger partial charge in [-0.15, -0.1) is 0 Å². The van der Waals surface area contributed by atoms with Crippen molar-refractivity contribution >= 4 is 23.2 Å². The van der Waals surface area contributed by atoms with E-state index in [9.17, 15) is 0 Å². The first-order valence-corrected chi connectivity index (χ1v) is 7.11. The van der Waals surface area contributed by atoms with Crippen molar-refractivity contribution in [1.29, 1.82) is 0 Å². The van der Waals surface area contributed by atoms with Crippen molar-refractivity contribution in [2.24, 2.45) is 5.92 Å². The van der Waals surface area contributed by atoms with Crippen LogP contribution >= 0.6 is 23.2 Å². The Labute approximate surface area is 118 Å². The molecule has 1 N–H and O–H groups in total. The predicted octanol–water partition coefficient (Wildman–Crippen LogP) is 2.82. The molecule has 5 heteroatoms. The molecule has 18 heavy (non-hydrogen) atoms. The van der Waals surface area contributed by atoms with Gasteiger partial charge in [0.15, 0.2) is 0 Å². The van der Waals surface area contributed by atoms with Gasteiger partial charge in [-0.2, -0.15) is 0 Å². The van der Waals surface area contributed by atoms with Crippen LogP contribution in [0.4, 0.5) is 0 Å². The van der Waals surface area contributed by atoms with Crippen molar-refractivity contribution in [2.45, 2.75) is 19.4 Å². The van der Waals surface area contributed by atoms with E-state index in [1.807, 2.05) is 6.07 Å². The van der Waals surface area contributed by atoms with Crippen LogP contribution in [0, 0.1) is 5.92 Å². The summed E-state index contributed by atoms with van der Waals surface area (Å²) in [6.07, 6.45) is 2.59. The van der Waals surface area contributed by atoms with Gasteiger partial charge in [0, 0.05) is 18.7 Å². The molecular weight excluding hydrogens is 269 g/mol. The summed E-state index contributed by atoms with van der Waals surface area (Å²) >= 11 is 11.9. The molecule has 0 amide bonds. The minimum absolute atomic E-state index is 0.447. The molecule has 1 saturated heterocycles. The summed E-state index contributed by atoms with van der Waals surface area (Å²) < 4.78 is 0. The molecule has 2 heterocycles. The van der Waals surface area contributed by atoms with Crippen molar-refractivity contribution in [1.82, 2.24) is 15.2 Å². The molecule has 1 atom stereocenters. The summed E-state index contributed by atoms with van der Waals surface area (Å²) in [5, 5.41) is 4.40. The molecule has 0 radical (unpaired) electrons. The summed E-state index contributed by atoms with van der Waals surface area (Å²) in [6.45, 7) is 4.19. The molecule has 0 saturated carbocycles. The number of piperidine rings is 1. The molecule has 0 bridgehead atoms. The molecule has 2 rings (SSSR count). The van der Waals surface area contributed by atoms with E-state index in [2.05, 4.69) is 22.2 Å². The van der Waals surface area contributed by atoms with Crippen molar-refractivity contribution in [3.63, 3.8) is 0 Å². The van der Waals surface area contributed by atoms with Crippen molar-refractivity contribution < 1.29 is 0 Å². The highest BCUT2D eigenvalue weighted by Crippen LogP contribution is 2.19. The lowest BCUT2D eigenvalue weighted by molar-refractivity contribution is 0.237. The quantitative estimate of drug-likeness (QED) is 0.864. The average molecular weight is 288 g/mol. The normalized spacial score (nSPS) is 20.3. The SMILES string of the molecule is CN(Cc1ccc(Cl)nc1Cl)CC1CCCNC1. The van der Waals surface area contributed by atoms with E-state index in [1.165, 1.54) is 12.8 Å². The zero-order chi connectivity index (χ0) is 13.0. The molecule has 1 aliphatic rings. The van der Waals surface area contributed by atoms with E-state index < -0.39 is 0 Å². The first-order chi connectivity index (χ1) is 8.65. The Hall–Kier alpha value is -0.350. The summed E-state index contributed by atoms with van der Waals surface area (Å²) in [5.41, 5.74) is 1.03. The van der Waals surface area contributed by atoms with Crippen LogP contribution in [0.25, 0.3) is 0 Å². The van der Waals surface area contributed by atoms with Gasteiger partial charge in [-0.05, 0) is 45.0 Å². The lowest BCUT2D eigenvalue weighted by Crippen LogP contribution is -2.36. The van der Waals surface area contributed by atoms with Crippen LogP contribution in [0.1, 0.15) is 18.4 Å².